The molecule has 7 nitrogen and oxygen atoms in total. The Hall–Kier alpha value is -4.39. The van der Waals surface area contributed by atoms with Gasteiger partial charge in [-0.1, -0.05) is 60.7 Å². The predicted octanol–water partition coefficient (Wildman–Crippen LogP) is 2.83. The van der Waals surface area contributed by atoms with Crippen LogP contribution in [0.3, 0.4) is 0 Å². The van der Waals surface area contributed by atoms with Gasteiger partial charge in [-0.05, 0) is 29.3 Å². The normalized spacial score (nSPS) is 10.7. The molecule has 4 aromatic rings. The lowest BCUT2D eigenvalue weighted by molar-refractivity contribution is -0.117. The van der Waals surface area contributed by atoms with E-state index in [0.717, 1.165) is 22.0 Å². The van der Waals surface area contributed by atoms with E-state index >= 15 is 0 Å². The molecule has 7 heteroatoms. The molecule has 3 amide bonds. The minimum atomic E-state index is -0.604. The lowest BCUT2D eigenvalue weighted by Crippen LogP contribution is -2.33. The molecular formula is C26H24N4O3. The highest BCUT2D eigenvalue weighted by molar-refractivity contribution is 6.07. The number of nitrogens with one attached hydrogen (secondary N) is 2. The fourth-order valence-corrected chi connectivity index (χ4v) is 3.66. The highest BCUT2D eigenvalue weighted by Gasteiger charge is 2.15. The molecule has 0 saturated heterocycles. The number of nitrogens with two attached hydrogens (primary N) is 1. The number of carbonyl (C=O) groups is 3. The number of benzene rings is 3. The van der Waals surface area contributed by atoms with Crippen molar-refractivity contribution in [3.05, 3.63) is 107 Å². The van der Waals surface area contributed by atoms with E-state index in [-0.39, 0.29) is 18.4 Å². The Morgan fingerprint density at radius 1 is 0.758 bits per heavy atom. The molecule has 3 aromatic carbocycles. The van der Waals surface area contributed by atoms with Gasteiger partial charge in [0, 0.05) is 35.8 Å². The number of nitrogens with zero attached hydrogens (tertiary/aromatic N) is 1. The Morgan fingerprint density at radius 3 is 2.18 bits per heavy atom. The van der Waals surface area contributed by atoms with Gasteiger partial charge in [0.25, 0.3) is 11.8 Å². The molecule has 1 heterocycles. The van der Waals surface area contributed by atoms with E-state index in [2.05, 4.69) is 27.3 Å². The first-order valence-corrected chi connectivity index (χ1v) is 10.6. The van der Waals surface area contributed by atoms with Crippen molar-refractivity contribution in [3.8, 4) is 0 Å². The van der Waals surface area contributed by atoms with Crippen LogP contribution < -0.4 is 16.4 Å². The molecule has 0 aliphatic heterocycles. The van der Waals surface area contributed by atoms with Gasteiger partial charge in [0.15, 0.2) is 0 Å². The zero-order chi connectivity index (χ0) is 23.2. The average molecular weight is 441 g/mol. The maximum Gasteiger partial charge on any atom is 0.253 e. The molecule has 0 bridgehead atoms. The Balaban J connectivity index is 1.45. The van der Waals surface area contributed by atoms with Crippen LogP contribution in [0.25, 0.3) is 10.9 Å². The van der Waals surface area contributed by atoms with Crippen LogP contribution in [0.1, 0.15) is 31.8 Å². The molecule has 0 aliphatic rings. The van der Waals surface area contributed by atoms with Crippen molar-refractivity contribution < 1.29 is 14.4 Å². The lowest BCUT2D eigenvalue weighted by Gasteiger charge is -2.07. The van der Waals surface area contributed by atoms with Crippen LogP contribution in [-0.2, 0) is 17.9 Å². The largest absolute Gasteiger partial charge is 0.368 e. The second kappa shape index (κ2) is 9.82. The SMILES string of the molecule is NC(=O)CNC(=O)c1ccc(CNC(=O)c2cn(Cc3ccccc3)c3ccccc23)cc1. The number of hydrogen-bond acceptors (Lipinski definition) is 3. The fraction of sp³-hybridized carbons (Fsp3) is 0.115. The second-order valence-corrected chi connectivity index (χ2v) is 7.70. The van der Waals surface area contributed by atoms with Crippen molar-refractivity contribution in [1.82, 2.24) is 15.2 Å². The third-order valence-electron chi connectivity index (χ3n) is 5.32. The zero-order valence-electron chi connectivity index (χ0n) is 18.0. The van der Waals surface area contributed by atoms with Gasteiger partial charge in [-0.2, -0.15) is 0 Å². The standard InChI is InChI=1S/C26H24N4O3/c27-24(31)15-29-25(32)20-12-10-18(11-13-20)14-28-26(33)22-17-30(16-19-6-2-1-3-7-19)23-9-5-4-8-21(22)23/h1-13,17H,14-16H2,(H2,27,31)(H,28,33)(H,29,32). The van der Waals surface area contributed by atoms with Crippen molar-refractivity contribution in [2.24, 2.45) is 5.73 Å². The van der Waals surface area contributed by atoms with Crippen molar-refractivity contribution in [2.45, 2.75) is 13.1 Å². The highest BCUT2D eigenvalue weighted by atomic mass is 16.2. The van der Waals surface area contributed by atoms with Gasteiger partial charge in [0.2, 0.25) is 5.91 Å². The molecule has 0 spiro atoms. The molecule has 0 unspecified atom stereocenters. The molecule has 0 fully saturated rings. The molecular weight excluding hydrogens is 416 g/mol. The molecule has 4 rings (SSSR count). The maximum absolute atomic E-state index is 13.0. The predicted molar refractivity (Wildman–Crippen MR) is 127 cm³/mol. The van der Waals surface area contributed by atoms with E-state index in [1.807, 2.05) is 48.7 Å². The van der Waals surface area contributed by atoms with Crippen LogP contribution in [-0.4, -0.2) is 28.8 Å². The number of carbonyl (C=O) groups excluding carboxylic acids is 3. The van der Waals surface area contributed by atoms with Gasteiger partial charge < -0.3 is 20.9 Å². The highest BCUT2D eigenvalue weighted by Crippen LogP contribution is 2.22. The lowest BCUT2D eigenvalue weighted by atomic mass is 10.1. The fourth-order valence-electron chi connectivity index (χ4n) is 3.66. The van der Waals surface area contributed by atoms with E-state index in [1.165, 1.54) is 0 Å². The number of fused-ring (bicyclic) bond motifs is 1. The van der Waals surface area contributed by atoms with Crippen LogP contribution in [0.5, 0.6) is 0 Å². The zero-order valence-corrected chi connectivity index (χ0v) is 18.0. The minimum absolute atomic E-state index is 0.165. The average Bonchev–Trinajstić information content (AvgIpc) is 3.20. The van der Waals surface area contributed by atoms with Crippen LogP contribution in [0, 0.1) is 0 Å². The molecule has 166 valence electrons. The summed E-state index contributed by atoms with van der Waals surface area (Å²) in [4.78, 5) is 35.8. The monoisotopic (exact) mass is 440 g/mol. The molecule has 4 N–H and O–H groups in total. The first-order valence-electron chi connectivity index (χ1n) is 10.6. The molecule has 0 aliphatic carbocycles. The number of amides is 3. The van der Waals surface area contributed by atoms with Gasteiger partial charge in [-0.25, -0.2) is 0 Å². The molecule has 0 atom stereocenters. The van der Waals surface area contributed by atoms with Crippen LogP contribution in [0.2, 0.25) is 0 Å². The summed E-state index contributed by atoms with van der Waals surface area (Å²) in [5.74, 6) is -1.15. The van der Waals surface area contributed by atoms with Gasteiger partial charge in [0.05, 0.1) is 12.1 Å². The van der Waals surface area contributed by atoms with Crippen molar-refractivity contribution in [2.75, 3.05) is 6.54 Å². The molecule has 0 saturated carbocycles. The van der Waals surface area contributed by atoms with Gasteiger partial charge in [-0.3, -0.25) is 14.4 Å². The summed E-state index contributed by atoms with van der Waals surface area (Å²) >= 11 is 0. The van der Waals surface area contributed by atoms with Gasteiger partial charge in [0.1, 0.15) is 0 Å². The quantitative estimate of drug-likeness (QED) is 0.392. The minimum Gasteiger partial charge on any atom is -0.368 e. The van der Waals surface area contributed by atoms with Crippen LogP contribution in [0.15, 0.2) is 85.1 Å². The summed E-state index contributed by atoms with van der Waals surface area (Å²) in [5, 5.41) is 6.30. The number of rotatable bonds is 8. The summed E-state index contributed by atoms with van der Waals surface area (Å²) in [6.45, 7) is 0.780. The first-order chi connectivity index (χ1) is 16.0. The third kappa shape index (κ3) is 5.27. The van der Waals surface area contributed by atoms with Crippen LogP contribution >= 0.6 is 0 Å². The van der Waals surface area contributed by atoms with E-state index in [4.69, 9.17) is 5.73 Å². The number of hydrogen-bond donors (Lipinski definition) is 3. The number of aromatic nitrogens is 1. The molecule has 33 heavy (non-hydrogen) atoms. The summed E-state index contributed by atoms with van der Waals surface area (Å²) in [6.07, 6.45) is 1.89. The maximum atomic E-state index is 13.0. The topological polar surface area (TPSA) is 106 Å². The summed E-state index contributed by atoms with van der Waals surface area (Å²) in [5.41, 5.74) is 9.07. The summed E-state index contributed by atoms with van der Waals surface area (Å²) < 4.78 is 2.08. The smallest absolute Gasteiger partial charge is 0.253 e. The first kappa shape index (κ1) is 21.8. The van der Waals surface area contributed by atoms with E-state index in [9.17, 15) is 14.4 Å². The van der Waals surface area contributed by atoms with Crippen molar-refractivity contribution >= 4 is 28.6 Å². The second-order valence-electron chi connectivity index (χ2n) is 7.70. The number of para-hydroxylation sites is 1. The van der Waals surface area contributed by atoms with Gasteiger partial charge >= 0.3 is 0 Å². The van der Waals surface area contributed by atoms with Gasteiger partial charge in [-0.15, -0.1) is 0 Å². The Morgan fingerprint density at radius 2 is 1.45 bits per heavy atom. The van der Waals surface area contributed by atoms with E-state index in [0.29, 0.717) is 24.2 Å². The summed E-state index contributed by atoms with van der Waals surface area (Å²) in [6, 6.07) is 24.8. The Bertz CT molecular complexity index is 1290. The Labute approximate surface area is 191 Å². The number of primary amides is 1. The molecule has 0 radical (unpaired) electrons. The summed E-state index contributed by atoms with van der Waals surface area (Å²) in [7, 11) is 0. The van der Waals surface area contributed by atoms with Crippen molar-refractivity contribution in [1.29, 1.82) is 0 Å². The molecule has 1 aromatic heterocycles. The van der Waals surface area contributed by atoms with E-state index in [1.54, 1.807) is 24.3 Å². The third-order valence-corrected chi connectivity index (χ3v) is 5.32. The van der Waals surface area contributed by atoms with Crippen molar-refractivity contribution in [3.63, 3.8) is 0 Å². The Kier molecular flexibility index (Phi) is 6.50. The van der Waals surface area contributed by atoms with E-state index < -0.39 is 5.91 Å². The van der Waals surface area contributed by atoms with Crippen LogP contribution in [0.4, 0.5) is 0 Å².